The summed E-state index contributed by atoms with van der Waals surface area (Å²) in [4.78, 5) is 13.2. The third-order valence-electron chi connectivity index (χ3n) is 4.65. The zero-order chi connectivity index (χ0) is 22.3. The Hall–Kier alpha value is -2.41. The Morgan fingerprint density at radius 3 is 2.50 bits per heavy atom. The largest absolute Gasteiger partial charge is 0.458 e. The van der Waals surface area contributed by atoms with Gasteiger partial charge >= 0.3 is 5.97 Å². The Morgan fingerprint density at radius 1 is 1.17 bits per heavy atom. The van der Waals surface area contributed by atoms with Gasteiger partial charge in [0.15, 0.2) is 5.75 Å². The van der Waals surface area contributed by atoms with E-state index in [9.17, 15) is 4.79 Å². The highest BCUT2D eigenvalue weighted by Crippen LogP contribution is 2.37. The van der Waals surface area contributed by atoms with Crippen LogP contribution in [-0.2, 0) is 21.5 Å². The van der Waals surface area contributed by atoms with E-state index in [1.807, 2.05) is 0 Å². The van der Waals surface area contributed by atoms with E-state index in [1.54, 1.807) is 64.1 Å². The van der Waals surface area contributed by atoms with Gasteiger partial charge in [-0.05, 0) is 63.1 Å². The van der Waals surface area contributed by atoms with Crippen molar-refractivity contribution in [2.75, 3.05) is 5.32 Å². The predicted molar refractivity (Wildman–Crippen MR) is 119 cm³/mol. The second-order valence-electron chi connectivity index (χ2n) is 8.29. The standard InChI is InChI=1S/C22H25Cl2N3O3/c1-12-19(25)27-17-9-14(6-8-18(17)29-12)22(26,20(28)30-21(2,3)4)11-13-5-7-15(23)10-16(13)24/h5-10,27H,11,25-26H2,1-4H3. The minimum Gasteiger partial charge on any atom is -0.458 e. The summed E-state index contributed by atoms with van der Waals surface area (Å²) in [6.07, 6.45) is 0.113. The molecule has 0 aromatic heterocycles. The lowest BCUT2D eigenvalue weighted by Crippen LogP contribution is -2.50. The molecule has 0 amide bonds. The molecule has 30 heavy (non-hydrogen) atoms. The highest BCUT2D eigenvalue weighted by molar-refractivity contribution is 6.35. The molecule has 1 aliphatic rings. The number of nitrogens with two attached hydrogens (primary N) is 2. The summed E-state index contributed by atoms with van der Waals surface area (Å²) in [6.45, 7) is 7.13. The lowest BCUT2D eigenvalue weighted by Gasteiger charge is -2.33. The smallest absolute Gasteiger partial charge is 0.331 e. The van der Waals surface area contributed by atoms with Gasteiger partial charge in [0, 0.05) is 16.5 Å². The summed E-state index contributed by atoms with van der Waals surface area (Å²) in [7, 11) is 0. The molecule has 0 aliphatic carbocycles. The fraction of sp³-hybridized carbons (Fsp3) is 0.318. The van der Waals surface area contributed by atoms with Crippen molar-refractivity contribution in [1.82, 2.24) is 0 Å². The lowest BCUT2D eigenvalue weighted by molar-refractivity contribution is -0.162. The average molecular weight is 450 g/mol. The molecule has 8 heteroatoms. The number of carbonyl (C=O) groups is 1. The van der Waals surface area contributed by atoms with E-state index in [0.717, 1.165) is 0 Å². The van der Waals surface area contributed by atoms with Crippen LogP contribution in [-0.4, -0.2) is 11.6 Å². The maximum Gasteiger partial charge on any atom is 0.331 e. The van der Waals surface area contributed by atoms with Gasteiger partial charge in [-0.25, -0.2) is 4.79 Å². The Kier molecular flexibility index (Phi) is 5.96. The molecule has 2 aromatic carbocycles. The number of esters is 1. The SMILES string of the molecule is CC1=C(N)Nc2cc(C(N)(Cc3ccc(Cl)cc3Cl)C(=O)OC(C)(C)C)ccc2O1. The predicted octanol–water partition coefficient (Wildman–Crippen LogP) is 4.68. The number of nitrogens with one attached hydrogen (secondary N) is 1. The molecule has 0 radical (unpaired) electrons. The van der Waals surface area contributed by atoms with Crippen LogP contribution in [0.5, 0.6) is 5.75 Å². The summed E-state index contributed by atoms with van der Waals surface area (Å²) in [5.41, 5.74) is 12.3. The fourth-order valence-corrected chi connectivity index (χ4v) is 3.55. The molecule has 0 saturated heterocycles. The number of allylic oxidation sites excluding steroid dienone is 1. The minimum atomic E-state index is -1.51. The van der Waals surface area contributed by atoms with E-state index in [2.05, 4.69) is 5.32 Å². The van der Waals surface area contributed by atoms with Gasteiger partial charge in [0.2, 0.25) is 0 Å². The summed E-state index contributed by atoms with van der Waals surface area (Å²) in [6, 6.07) is 10.3. The van der Waals surface area contributed by atoms with Crippen LogP contribution in [0.25, 0.3) is 0 Å². The third kappa shape index (κ3) is 4.67. The molecule has 0 fully saturated rings. The van der Waals surface area contributed by atoms with Crippen LogP contribution in [0, 0.1) is 0 Å². The van der Waals surface area contributed by atoms with Crippen molar-refractivity contribution in [2.45, 2.75) is 45.3 Å². The number of carbonyl (C=O) groups excluding carboxylic acids is 1. The maximum absolute atomic E-state index is 13.2. The lowest BCUT2D eigenvalue weighted by atomic mass is 9.84. The van der Waals surface area contributed by atoms with Crippen LogP contribution in [0.15, 0.2) is 48.0 Å². The van der Waals surface area contributed by atoms with E-state index < -0.39 is 17.1 Å². The molecule has 0 spiro atoms. The van der Waals surface area contributed by atoms with E-state index in [0.29, 0.717) is 44.2 Å². The quantitative estimate of drug-likeness (QED) is 0.585. The molecule has 6 nitrogen and oxygen atoms in total. The van der Waals surface area contributed by atoms with Gasteiger partial charge in [0.05, 0.1) is 5.69 Å². The zero-order valence-electron chi connectivity index (χ0n) is 17.3. The number of rotatable bonds is 4. The molecule has 1 aliphatic heterocycles. The molecule has 5 N–H and O–H groups in total. The van der Waals surface area contributed by atoms with Crippen molar-refractivity contribution in [3.05, 3.63) is 69.2 Å². The maximum atomic E-state index is 13.2. The van der Waals surface area contributed by atoms with Gasteiger partial charge in [0.1, 0.15) is 22.7 Å². The van der Waals surface area contributed by atoms with Crippen LogP contribution >= 0.6 is 23.2 Å². The Morgan fingerprint density at radius 2 is 1.87 bits per heavy atom. The van der Waals surface area contributed by atoms with Gasteiger partial charge in [-0.15, -0.1) is 0 Å². The van der Waals surface area contributed by atoms with Crippen LogP contribution in [0.3, 0.4) is 0 Å². The number of benzene rings is 2. The minimum absolute atomic E-state index is 0.113. The van der Waals surface area contributed by atoms with E-state index >= 15 is 0 Å². The number of ether oxygens (including phenoxy) is 2. The molecule has 3 rings (SSSR count). The molecular weight excluding hydrogens is 425 g/mol. The Bertz CT molecular complexity index is 1030. The fourth-order valence-electron chi connectivity index (χ4n) is 3.07. The van der Waals surface area contributed by atoms with E-state index in [4.69, 9.17) is 44.1 Å². The number of anilines is 1. The normalized spacial score (nSPS) is 15.6. The second kappa shape index (κ2) is 8.02. The van der Waals surface area contributed by atoms with Crippen molar-refractivity contribution >= 4 is 34.9 Å². The highest BCUT2D eigenvalue weighted by Gasteiger charge is 2.41. The van der Waals surface area contributed by atoms with Gasteiger partial charge < -0.3 is 26.3 Å². The number of hydrogen-bond acceptors (Lipinski definition) is 6. The highest BCUT2D eigenvalue weighted by atomic mass is 35.5. The zero-order valence-corrected chi connectivity index (χ0v) is 18.8. The van der Waals surface area contributed by atoms with E-state index in [-0.39, 0.29) is 6.42 Å². The average Bonchev–Trinajstić information content (AvgIpc) is 2.63. The molecule has 160 valence electrons. The van der Waals surface area contributed by atoms with Crippen molar-refractivity contribution < 1.29 is 14.3 Å². The first-order chi connectivity index (χ1) is 13.9. The first-order valence-corrected chi connectivity index (χ1v) is 10.2. The summed E-state index contributed by atoms with van der Waals surface area (Å²) in [5, 5.41) is 3.99. The number of fused-ring (bicyclic) bond motifs is 1. The summed E-state index contributed by atoms with van der Waals surface area (Å²) >= 11 is 12.4. The number of halogens is 2. The Balaban J connectivity index is 2.06. The Labute approximate surface area is 186 Å². The molecule has 2 aromatic rings. The van der Waals surface area contributed by atoms with Crippen LogP contribution in [0.4, 0.5) is 5.69 Å². The first-order valence-electron chi connectivity index (χ1n) is 9.41. The molecular formula is C22H25Cl2N3O3. The van der Waals surface area contributed by atoms with Gasteiger partial charge in [-0.3, -0.25) is 0 Å². The monoisotopic (exact) mass is 449 g/mol. The summed E-state index contributed by atoms with van der Waals surface area (Å²) in [5.74, 6) is 0.966. The number of hydrogen-bond donors (Lipinski definition) is 3. The van der Waals surface area contributed by atoms with Gasteiger partial charge in [-0.1, -0.05) is 35.3 Å². The van der Waals surface area contributed by atoms with Crippen LogP contribution in [0.1, 0.15) is 38.8 Å². The van der Waals surface area contributed by atoms with Crippen molar-refractivity contribution in [1.29, 1.82) is 0 Å². The first kappa shape index (κ1) is 22.3. The second-order valence-corrected chi connectivity index (χ2v) is 9.14. The van der Waals surface area contributed by atoms with Crippen LogP contribution < -0.4 is 21.5 Å². The van der Waals surface area contributed by atoms with Gasteiger partial charge in [0.25, 0.3) is 0 Å². The van der Waals surface area contributed by atoms with Crippen molar-refractivity contribution in [2.24, 2.45) is 11.5 Å². The van der Waals surface area contributed by atoms with Crippen LogP contribution in [0.2, 0.25) is 10.0 Å². The molecule has 0 saturated carbocycles. The molecule has 0 bridgehead atoms. The topological polar surface area (TPSA) is 99.6 Å². The summed E-state index contributed by atoms with van der Waals surface area (Å²) < 4.78 is 11.4. The third-order valence-corrected chi connectivity index (χ3v) is 5.24. The molecule has 1 heterocycles. The molecule has 1 unspecified atom stereocenters. The molecule has 1 atom stereocenters. The van der Waals surface area contributed by atoms with Crippen molar-refractivity contribution in [3.63, 3.8) is 0 Å². The van der Waals surface area contributed by atoms with Gasteiger partial charge in [-0.2, -0.15) is 0 Å². The van der Waals surface area contributed by atoms with Crippen molar-refractivity contribution in [3.8, 4) is 5.75 Å². The van der Waals surface area contributed by atoms with E-state index in [1.165, 1.54) is 0 Å².